The number of amides is 1. The summed E-state index contributed by atoms with van der Waals surface area (Å²) in [5.74, 6) is -0.731. The number of benzene rings is 3. The Kier molecular flexibility index (Phi) is 6.82. The van der Waals surface area contributed by atoms with Crippen LogP contribution in [0.15, 0.2) is 72.8 Å². The van der Waals surface area contributed by atoms with Crippen LogP contribution in [0.2, 0.25) is 0 Å². The quantitative estimate of drug-likeness (QED) is 0.578. The Labute approximate surface area is 187 Å². The fraction of sp³-hybridized carbons (Fsp3) is 0.231. The maximum Gasteiger partial charge on any atom is 0.338 e. The van der Waals surface area contributed by atoms with Crippen LogP contribution in [0.3, 0.4) is 0 Å². The SMILES string of the molecule is CCOC(=O)c1ccc(-c2ccccc2)c(C(=O)Nc2ccc(N3CCOCC3)cc2)c1. The number of hydrogen-bond acceptors (Lipinski definition) is 5. The van der Waals surface area contributed by atoms with Crippen molar-refractivity contribution in [2.45, 2.75) is 6.92 Å². The lowest BCUT2D eigenvalue weighted by molar-refractivity contribution is 0.0526. The van der Waals surface area contributed by atoms with Crippen LogP contribution in [0.25, 0.3) is 11.1 Å². The van der Waals surface area contributed by atoms with E-state index in [1.807, 2.05) is 54.6 Å². The summed E-state index contributed by atoms with van der Waals surface area (Å²) in [7, 11) is 0. The van der Waals surface area contributed by atoms with E-state index in [0.29, 0.717) is 16.8 Å². The van der Waals surface area contributed by atoms with Crippen LogP contribution in [-0.2, 0) is 9.47 Å². The molecule has 0 aliphatic carbocycles. The summed E-state index contributed by atoms with van der Waals surface area (Å²) < 4.78 is 10.5. The minimum Gasteiger partial charge on any atom is -0.462 e. The van der Waals surface area contributed by atoms with Crippen molar-refractivity contribution in [3.05, 3.63) is 83.9 Å². The molecule has 3 aromatic carbocycles. The van der Waals surface area contributed by atoms with E-state index in [-0.39, 0.29) is 12.5 Å². The molecular weight excluding hydrogens is 404 g/mol. The van der Waals surface area contributed by atoms with E-state index < -0.39 is 5.97 Å². The summed E-state index contributed by atoms with van der Waals surface area (Å²) >= 11 is 0. The van der Waals surface area contributed by atoms with Crippen LogP contribution in [0.4, 0.5) is 11.4 Å². The lowest BCUT2D eigenvalue weighted by Gasteiger charge is -2.28. The lowest BCUT2D eigenvalue weighted by Crippen LogP contribution is -2.36. The molecule has 0 unspecified atom stereocenters. The van der Waals surface area contributed by atoms with E-state index >= 15 is 0 Å². The molecule has 0 radical (unpaired) electrons. The van der Waals surface area contributed by atoms with E-state index in [1.54, 1.807) is 25.1 Å². The van der Waals surface area contributed by atoms with Gasteiger partial charge in [0.05, 0.1) is 25.4 Å². The van der Waals surface area contributed by atoms with E-state index in [4.69, 9.17) is 9.47 Å². The fourth-order valence-electron chi connectivity index (χ4n) is 3.72. The third-order valence-corrected chi connectivity index (χ3v) is 5.36. The Morgan fingerprint density at radius 2 is 1.69 bits per heavy atom. The molecule has 1 N–H and O–H groups in total. The van der Waals surface area contributed by atoms with Gasteiger partial charge < -0.3 is 19.7 Å². The zero-order chi connectivity index (χ0) is 22.3. The van der Waals surface area contributed by atoms with Gasteiger partial charge in [0.25, 0.3) is 5.91 Å². The van der Waals surface area contributed by atoms with E-state index in [1.165, 1.54) is 0 Å². The average Bonchev–Trinajstić information content (AvgIpc) is 2.85. The molecule has 0 atom stereocenters. The van der Waals surface area contributed by atoms with Crippen LogP contribution in [-0.4, -0.2) is 44.8 Å². The number of ether oxygens (including phenoxy) is 2. The van der Waals surface area contributed by atoms with Crippen molar-refractivity contribution >= 4 is 23.3 Å². The third kappa shape index (κ3) is 4.98. The first-order chi connectivity index (χ1) is 15.7. The Morgan fingerprint density at radius 1 is 0.969 bits per heavy atom. The zero-order valence-corrected chi connectivity index (χ0v) is 18.0. The highest BCUT2D eigenvalue weighted by Crippen LogP contribution is 2.27. The predicted octanol–water partition coefficient (Wildman–Crippen LogP) is 4.62. The van der Waals surface area contributed by atoms with Gasteiger partial charge in [-0.05, 0) is 54.4 Å². The van der Waals surface area contributed by atoms with Crippen molar-refractivity contribution in [2.24, 2.45) is 0 Å². The molecule has 4 rings (SSSR count). The highest BCUT2D eigenvalue weighted by atomic mass is 16.5. The van der Waals surface area contributed by atoms with Crippen LogP contribution < -0.4 is 10.2 Å². The number of nitrogens with zero attached hydrogens (tertiary/aromatic N) is 1. The number of esters is 1. The molecule has 0 aromatic heterocycles. The lowest BCUT2D eigenvalue weighted by atomic mass is 9.97. The van der Waals surface area contributed by atoms with Gasteiger partial charge in [-0.3, -0.25) is 4.79 Å². The van der Waals surface area contributed by atoms with Gasteiger partial charge in [0, 0.05) is 30.0 Å². The second-order valence-electron chi connectivity index (χ2n) is 7.45. The molecular formula is C26H26N2O4. The van der Waals surface area contributed by atoms with Gasteiger partial charge in [-0.15, -0.1) is 0 Å². The Morgan fingerprint density at radius 3 is 2.38 bits per heavy atom. The van der Waals surface area contributed by atoms with Gasteiger partial charge in [0.1, 0.15) is 0 Å². The predicted molar refractivity (Wildman–Crippen MR) is 125 cm³/mol. The molecule has 0 spiro atoms. The summed E-state index contributed by atoms with van der Waals surface area (Å²) in [5, 5.41) is 2.96. The third-order valence-electron chi connectivity index (χ3n) is 5.36. The smallest absolute Gasteiger partial charge is 0.338 e. The molecule has 1 amide bonds. The first-order valence-corrected chi connectivity index (χ1v) is 10.8. The Bertz CT molecular complexity index is 1070. The van der Waals surface area contributed by atoms with Crippen LogP contribution in [0.5, 0.6) is 0 Å². The van der Waals surface area contributed by atoms with Crippen molar-refractivity contribution < 1.29 is 19.1 Å². The van der Waals surface area contributed by atoms with Gasteiger partial charge in [-0.1, -0.05) is 36.4 Å². The largest absolute Gasteiger partial charge is 0.462 e. The van der Waals surface area contributed by atoms with Crippen molar-refractivity contribution in [1.29, 1.82) is 0 Å². The Balaban J connectivity index is 1.59. The number of rotatable bonds is 6. The van der Waals surface area contributed by atoms with Gasteiger partial charge in [-0.2, -0.15) is 0 Å². The number of anilines is 2. The summed E-state index contributed by atoms with van der Waals surface area (Å²) in [5.41, 5.74) is 4.20. The zero-order valence-electron chi connectivity index (χ0n) is 18.0. The summed E-state index contributed by atoms with van der Waals surface area (Å²) in [6, 6.07) is 22.5. The van der Waals surface area contributed by atoms with Gasteiger partial charge in [-0.25, -0.2) is 4.79 Å². The van der Waals surface area contributed by atoms with E-state index in [2.05, 4.69) is 10.2 Å². The number of carbonyl (C=O) groups excluding carboxylic acids is 2. The minimum atomic E-state index is -0.448. The molecule has 1 fully saturated rings. The average molecular weight is 431 g/mol. The second-order valence-corrected chi connectivity index (χ2v) is 7.45. The first kappa shape index (κ1) is 21.6. The fourth-order valence-corrected chi connectivity index (χ4v) is 3.72. The molecule has 0 bridgehead atoms. The minimum absolute atomic E-state index is 0.274. The van der Waals surface area contributed by atoms with E-state index in [9.17, 15) is 9.59 Å². The van der Waals surface area contributed by atoms with Crippen LogP contribution in [0, 0.1) is 0 Å². The Hall–Kier alpha value is -3.64. The standard InChI is InChI=1S/C26H26N2O4/c1-2-32-26(30)20-8-13-23(19-6-4-3-5-7-19)24(18-20)25(29)27-21-9-11-22(12-10-21)28-14-16-31-17-15-28/h3-13,18H,2,14-17H2,1H3,(H,27,29). The van der Waals surface area contributed by atoms with Crippen molar-refractivity contribution in [2.75, 3.05) is 43.1 Å². The molecule has 6 nitrogen and oxygen atoms in total. The topological polar surface area (TPSA) is 67.9 Å². The number of carbonyl (C=O) groups is 2. The van der Waals surface area contributed by atoms with Crippen molar-refractivity contribution in [3.63, 3.8) is 0 Å². The van der Waals surface area contributed by atoms with Crippen molar-refractivity contribution in [1.82, 2.24) is 0 Å². The monoisotopic (exact) mass is 430 g/mol. The second kappa shape index (κ2) is 10.1. The summed E-state index contributed by atoms with van der Waals surface area (Å²) in [6.07, 6.45) is 0. The maximum atomic E-state index is 13.2. The number of nitrogens with one attached hydrogen (secondary N) is 1. The summed E-state index contributed by atoms with van der Waals surface area (Å²) in [6.45, 7) is 5.18. The summed E-state index contributed by atoms with van der Waals surface area (Å²) in [4.78, 5) is 27.7. The normalized spacial score (nSPS) is 13.5. The van der Waals surface area contributed by atoms with Crippen LogP contribution in [0.1, 0.15) is 27.6 Å². The molecule has 1 heterocycles. The maximum absolute atomic E-state index is 13.2. The highest BCUT2D eigenvalue weighted by molar-refractivity contribution is 6.10. The van der Waals surface area contributed by atoms with Crippen LogP contribution >= 0.6 is 0 Å². The van der Waals surface area contributed by atoms with Gasteiger partial charge in [0.15, 0.2) is 0 Å². The number of morpholine rings is 1. The molecule has 6 heteroatoms. The molecule has 1 saturated heterocycles. The first-order valence-electron chi connectivity index (χ1n) is 10.8. The van der Waals surface area contributed by atoms with Gasteiger partial charge in [0.2, 0.25) is 0 Å². The van der Waals surface area contributed by atoms with Gasteiger partial charge >= 0.3 is 5.97 Å². The van der Waals surface area contributed by atoms with Crippen molar-refractivity contribution in [3.8, 4) is 11.1 Å². The van der Waals surface area contributed by atoms with E-state index in [0.717, 1.165) is 43.1 Å². The molecule has 1 aliphatic heterocycles. The molecule has 164 valence electrons. The molecule has 32 heavy (non-hydrogen) atoms. The highest BCUT2D eigenvalue weighted by Gasteiger charge is 2.18. The molecule has 1 aliphatic rings. The number of hydrogen-bond donors (Lipinski definition) is 1. The molecule has 0 saturated carbocycles. The molecule has 3 aromatic rings.